The molecule has 2 aliphatic rings. The second-order valence-electron chi connectivity index (χ2n) is 7.39. The van der Waals surface area contributed by atoms with E-state index in [4.69, 9.17) is 9.47 Å². The zero-order valence-electron chi connectivity index (χ0n) is 16.2. The second kappa shape index (κ2) is 8.44. The van der Waals surface area contributed by atoms with Gasteiger partial charge in [-0.05, 0) is 37.1 Å². The van der Waals surface area contributed by atoms with E-state index in [1.165, 1.54) is 0 Å². The summed E-state index contributed by atoms with van der Waals surface area (Å²) in [4.78, 5) is 37.2. The number of carbonyl (C=O) groups is 3. The molecule has 2 aromatic carbocycles. The summed E-state index contributed by atoms with van der Waals surface area (Å²) in [6.07, 6.45) is 2.62. The second-order valence-corrected chi connectivity index (χ2v) is 7.39. The van der Waals surface area contributed by atoms with Crippen molar-refractivity contribution >= 4 is 29.2 Å². The molecule has 0 saturated heterocycles. The number of amides is 2. The lowest BCUT2D eigenvalue weighted by molar-refractivity contribution is -0.147. The minimum atomic E-state index is -0.955. The minimum absolute atomic E-state index is 0.139. The number of carbonyl (C=O) groups excluding carboxylic acids is 2. The molecule has 1 saturated carbocycles. The van der Waals surface area contributed by atoms with Crippen LogP contribution in [-0.4, -0.2) is 29.7 Å². The van der Waals surface area contributed by atoms with Gasteiger partial charge in [0.05, 0.1) is 23.1 Å². The SMILES string of the molecule is O=C(Nc1ccc2c(c1)OCO2)c1ccccc1NC(=O)[C@@H]1CCCC[C@@H]1C(=O)O. The molecule has 4 rings (SSSR count). The van der Waals surface area contributed by atoms with Crippen molar-refractivity contribution in [3.8, 4) is 11.5 Å². The molecule has 0 unspecified atom stereocenters. The number of aliphatic carboxylic acids is 1. The number of hydrogen-bond donors (Lipinski definition) is 3. The summed E-state index contributed by atoms with van der Waals surface area (Å²) in [5.74, 6) is -1.88. The molecule has 0 radical (unpaired) electrons. The molecule has 3 N–H and O–H groups in total. The molecule has 0 aromatic heterocycles. The van der Waals surface area contributed by atoms with Gasteiger partial charge in [0.2, 0.25) is 12.7 Å². The van der Waals surface area contributed by atoms with Gasteiger partial charge in [-0.15, -0.1) is 0 Å². The first-order valence-electron chi connectivity index (χ1n) is 9.86. The minimum Gasteiger partial charge on any atom is -0.481 e. The van der Waals surface area contributed by atoms with Crippen molar-refractivity contribution in [3.05, 3.63) is 48.0 Å². The van der Waals surface area contributed by atoms with E-state index in [1.807, 2.05) is 0 Å². The molecule has 0 spiro atoms. The third-order valence-corrected chi connectivity index (χ3v) is 5.48. The van der Waals surface area contributed by atoms with Crippen LogP contribution in [0, 0.1) is 11.8 Å². The molecule has 2 atom stereocenters. The molecule has 8 heteroatoms. The summed E-state index contributed by atoms with van der Waals surface area (Å²) < 4.78 is 10.6. The molecule has 8 nitrogen and oxygen atoms in total. The van der Waals surface area contributed by atoms with Gasteiger partial charge in [0, 0.05) is 11.8 Å². The van der Waals surface area contributed by atoms with Gasteiger partial charge in [0.1, 0.15) is 0 Å². The molecule has 1 aliphatic carbocycles. The zero-order valence-corrected chi connectivity index (χ0v) is 16.2. The van der Waals surface area contributed by atoms with Crippen LogP contribution in [0.1, 0.15) is 36.0 Å². The summed E-state index contributed by atoms with van der Waals surface area (Å²) >= 11 is 0. The predicted octanol–water partition coefficient (Wildman–Crippen LogP) is 3.50. The maximum Gasteiger partial charge on any atom is 0.307 e. The highest BCUT2D eigenvalue weighted by Crippen LogP contribution is 2.35. The first kappa shape index (κ1) is 19.8. The smallest absolute Gasteiger partial charge is 0.307 e. The van der Waals surface area contributed by atoms with Gasteiger partial charge in [0.15, 0.2) is 11.5 Å². The maximum atomic E-state index is 12.8. The van der Waals surface area contributed by atoms with Crippen LogP contribution in [-0.2, 0) is 9.59 Å². The van der Waals surface area contributed by atoms with Crippen LogP contribution in [0.4, 0.5) is 11.4 Å². The quantitative estimate of drug-likeness (QED) is 0.695. The van der Waals surface area contributed by atoms with Crippen LogP contribution >= 0.6 is 0 Å². The molecule has 0 bridgehead atoms. The van der Waals surface area contributed by atoms with E-state index in [2.05, 4.69) is 10.6 Å². The van der Waals surface area contributed by atoms with Crippen LogP contribution in [0.15, 0.2) is 42.5 Å². The number of para-hydroxylation sites is 1. The van der Waals surface area contributed by atoms with Gasteiger partial charge in [-0.3, -0.25) is 14.4 Å². The topological polar surface area (TPSA) is 114 Å². The Hall–Kier alpha value is -3.55. The molecule has 1 aliphatic heterocycles. The summed E-state index contributed by atoms with van der Waals surface area (Å²) in [5, 5.41) is 15.0. The molecule has 2 aromatic rings. The van der Waals surface area contributed by atoms with E-state index in [-0.39, 0.29) is 18.3 Å². The van der Waals surface area contributed by atoms with Crippen molar-refractivity contribution in [2.24, 2.45) is 11.8 Å². The number of benzene rings is 2. The van der Waals surface area contributed by atoms with Gasteiger partial charge in [0.25, 0.3) is 5.91 Å². The summed E-state index contributed by atoms with van der Waals surface area (Å²) in [6, 6.07) is 11.7. The number of rotatable bonds is 5. The summed E-state index contributed by atoms with van der Waals surface area (Å²) in [7, 11) is 0. The Labute approximate surface area is 173 Å². The van der Waals surface area contributed by atoms with Crippen molar-refractivity contribution in [1.29, 1.82) is 0 Å². The van der Waals surface area contributed by atoms with Crippen molar-refractivity contribution in [3.63, 3.8) is 0 Å². The van der Waals surface area contributed by atoms with Gasteiger partial charge in [-0.2, -0.15) is 0 Å². The number of anilines is 2. The van der Waals surface area contributed by atoms with Gasteiger partial charge in [-0.1, -0.05) is 25.0 Å². The lowest BCUT2D eigenvalue weighted by atomic mass is 9.78. The van der Waals surface area contributed by atoms with E-state index >= 15 is 0 Å². The highest BCUT2D eigenvalue weighted by molar-refractivity contribution is 6.10. The Balaban J connectivity index is 1.50. The normalized spacial score (nSPS) is 19.7. The van der Waals surface area contributed by atoms with E-state index in [0.717, 1.165) is 12.8 Å². The van der Waals surface area contributed by atoms with Crippen LogP contribution in [0.25, 0.3) is 0 Å². The highest BCUT2D eigenvalue weighted by atomic mass is 16.7. The van der Waals surface area contributed by atoms with Crippen molar-refractivity contribution in [2.45, 2.75) is 25.7 Å². The Bertz CT molecular complexity index is 989. The fourth-order valence-corrected chi connectivity index (χ4v) is 3.93. The number of nitrogens with one attached hydrogen (secondary N) is 2. The predicted molar refractivity (Wildman–Crippen MR) is 109 cm³/mol. The van der Waals surface area contributed by atoms with E-state index in [9.17, 15) is 19.5 Å². The standard InChI is InChI=1S/C22H22N2O6/c25-20(14-5-1-2-6-15(14)22(27)28)24-17-8-4-3-7-16(17)21(26)23-13-9-10-18-19(11-13)30-12-29-18/h3-4,7-11,14-15H,1-2,5-6,12H2,(H,23,26)(H,24,25)(H,27,28)/t14-,15+/m1/s1. The fraction of sp³-hybridized carbons (Fsp3) is 0.318. The van der Waals surface area contributed by atoms with Crippen LogP contribution < -0.4 is 20.1 Å². The Morgan fingerprint density at radius 2 is 1.63 bits per heavy atom. The van der Waals surface area contributed by atoms with Crippen molar-refractivity contribution < 1.29 is 29.0 Å². The fourth-order valence-electron chi connectivity index (χ4n) is 3.93. The first-order chi connectivity index (χ1) is 14.5. The zero-order chi connectivity index (χ0) is 21.1. The molecular formula is C22H22N2O6. The molecule has 30 heavy (non-hydrogen) atoms. The van der Waals surface area contributed by atoms with Crippen LogP contribution in [0.5, 0.6) is 11.5 Å². The lowest BCUT2D eigenvalue weighted by Crippen LogP contribution is -2.36. The molecule has 1 heterocycles. The Morgan fingerprint density at radius 3 is 2.43 bits per heavy atom. The maximum absolute atomic E-state index is 12.8. The largest absolute Gasteiger partial charge is 0.481 e. The van der Waals surface area contributed by atoms with Crippen LogP contribution in [0.2, 0.25) is 0 Å². The third kappa shape index (κ3) is 4.07. The monoisotopic (exact) mass is 410 g/mol. The highest BCUT2D eigenvalue weighted by Gasteiger charge is 2.36. The molecule has 1 fully saturated rings. The molecule has 2 amide bonds. The number of fused-ring (bicyclic) bond motifs is 1. The van der Waals surface area contributed by atoms with Gasteiger partial charge in [-0.25, -0.2) is 0 Å². The van der Waals surface area contributed by atoms with E-state index < -0.39 is 23.7 Å². The number of carboxylic acids is 1. The van der Waals surface area contributed by atoms with Crippen LogP contribution in [0.3, 0.4) is 0 Å². The number of carboxylic acid groups (broad SMARTS) is 1. The van der Waals surface area contributed by atoms with Gasteiger partial charge >= 0.3 is 5.97 Å². The van der Waals surface area contributed by atoms with E-state index in [0.29, 0.717) is 35.7 Å². The first-order valence-corrected chi connectivity index (χ1v) is 9.86. The number of hydrogen-bond acceptors (Lipinski definition) is 5. The summed E-state index contributed by atoms with van der Waals surface area (Å²) in [6.45, 7) is 0.139. The van der Waals surface area contributed by atoms with Crippen molar-refractivity contribution in [2.75, 3.05) is 17.4 Å². The lowest BCUT2D eigenvalue weighted by Gasteiger charge is -2.27. The van der Waals surface area contributed by atoms with Gasteiger partial charge < -0.3 is 25.2 Å². The molecule has 156 valence electrons. The Morgan fingerprint density at radius 1 is 0.900 bits per heavy atom. The van der Waals surface area contributed by atoms with Crippen molar-refractivity contribution in [1.82, 2.24) is 0 Å². The van der Waals surface area contributed by atoms with E-state index in [1.54, 1.807) is 42.5 Å². The summed E-state index contributed by atoms with van der Waals surface area (Å²) in [5.41, 5.74) is 1.16. The third-order valence-electron chi connectivity index (χ3n) is 5.48. The Kier molecular flexibility index (Phi) is 5.56. The molecular weight excluding hydrogens is 388 g/mol. The number of ether oxygens (including phenoxy) is 2. The average molecular weight is 410 g/mol. The average Bonchev–Trinajstić information content (AvgIpc) is 3.22.